The molecule has 2 heterocycles. The smallest absolute Gasteiger partial charge is 0.303 e. The zero-order valence-electron chi connectivity index (χ0n) is 28.4. The number of nitrogens with one attached hydrogen (secondary N) is 2. The van der Waals surface area contributed by atoms with Gasteiger partial charge in [0.15, 0.2) is 54.2 Å². The maximum Gasteiger partial charge on any atom is 0.303 e. The molecule has 0 aliphatic carbocycles. The molecule has 2 aliphatic rings. The predicted molar refractivity (Wildman–Crippen MR) is 163 cm³/mol. The Hall–Kier alpha value is -4.63. The first-order valence-corrected chi connectivity index (χ1v) is 15.4. The number of thiocarbonyl (C=S) groups is 1. The minimum Gasteiger partial charge on any atom is -0.463 e. The molecule has 0 unspecified atom stereocenters. The van der Waals surface area contributed by atoms with E-state index in [1.165, 1.54) is 0 Å². The predicted octanol–water partition coefficient (Wildman–Crippen LogP) is -1.38. The molecule has 0 bridgehead atoms. The molecule has 0 amide bonds. The molecule has 2 rings (SSSR count). The van der Waals surface area contributed by atoms with Gasteiger partial charge in [0.1, 0.15) is 25.4 Å². The van der Waals surface area contributed by atoms with Gasteiger partial charge in [0.05, 0.1) is 0 Å². The van der Waals surface area contributed by atoms with Crippen LogP contribution < -0.4 is 10.6 Å². The molecule has 21 heteroatoms. The summed E-state index contributed by atoms with van der Waals surface area (Å²) in [6, 6.07) is 0. The summed E-state index contributed by atoms with van der Waals surface area (Å²) in [4.78, 5) is 96.0. The zero-order chi connectivity index (χ0) is 37.9. The minimum atomic E-state index is -1.55. The van der Waals surface area contributed by atoms with E-state index in [9.17, 15) is 38.4 Å². The van der Waals surface area contributed by atoms with Gasteiger partial charge in [-0.2, -0.15) is 0 Å². The Morgan fingerprint density at radius 1 is 0.440 bits per heavy atom. The molecule has 0 aromatic carbocycles. The molecule has 0 aromatic rings. The third-order valence-electron chi connectivity index (χ3n) is 6.53. The summed E-state index contributed by atoms with van der Waals surface area (Å²) in [6.45, 7) is 7.48. The quantitative estimate of drug-likeness (QED) is 0.133. The van der Waals surface area contributed by atoms with Crippen molar-refractivity contribution in [1.29, 1.82) is 0 Å². The standard InChI is InChI=1S/C29H40N2O18S/c1-11(32)40-9-19-21(42-13(3)34)23(44-15(5)36)25(46-17(7)38)27(48-19)30-29(50)31-28-26(47-18(8)39)24(45-16(6)37)22(43-14(4)35)20(49-28)10-41-12(2)33/h19-28H,9-10H2,1-8H3,(H2,30,31,50)/t19-,20-,21-,22-,23+,24+,25+,26+,27+,28+/m1/s1. The van der Waals surface area contributed by atoms with Crippen molar-refractivity contribution in [2.24, 2.45) is 0 Å². The highest BCUT2D eigenvalue weighted by molar-refractivity contribution is 7.80. The SMILES string of the molecule is CC(=O)OC[C@H]1O[C@H](NC(=S)N[C@H]2O[C@H](COC(C)=O)[C@@H](OC(C)=O)[C@H](OC(C)=O)[C@@H]2OC(C)=O)[C@@H](OC(C)=O)[C@@H](OC(C)=O)[C@@H]1OC(C)=O. The van der Waals surface area contributed by atoms with E-state index in [-0.39, 0.29) is 5.11 Å². The van der Waals surface area contributed by atoms with Crippen LogP contribution in [0.2, 0.25) is 0 Å². The number of ether oxygens (including phenoxy) is 10. The van der Waals surface area contributed by atoms with Crippen LogP contribution in [0, 0.1) is 0 Å². The number of carbonyl (C=O) groups is 8. The van der Waals surface area contributed by atoms with E-state index < -0.39 is 122 Å². The first-order chi connectivity index (χ1) is 23.3. The molecule has 0 spiro atoms. The lowest BCUT2D eigenvalue weighted by molar-refractivity contribution is -0.257. The lowest BCUT2D eigenvalue weighted by Gasteiger charge is -2.46. The molecule has 50 heavy (non-hydrogen) atoms. The van der Waals surface area contributed by atoms with Crippen LogP contribution in [0.25, 0.3) is 0 Å². The fourth-order valence-electron chi connectivity index (χ4n) is 4.99. The van der Waals surface area contributed by atoms with Crippen LogP contribution in [-0.2, 0) is 85.7 Å². The summed E-state index contributed by atoms with van der Waals surface area (Å²) in [6.07, 6.45) is -14.7. The number of hydrogen-bond donors (Lipinski definition) is 2. The van der Waals surface area contributed by atoms with Crippen LogP contribution in [0.15, 0.2) is 0 Å². The number of rotatable bonds is 12. The molecule has 0 radical (unpaired) electrons. The van der Waals surface area contributed by atoms with Crippen LogP contribution in [0.3, 0.4) is 0 Å². The van der Waals surface area contributed by atoms with Gasteiger partial charge in [-0.05, 0) is 12.2 Å². The first kappa shape index (κ1) is 41.5. The van der Waals surface area contributed by atoms with Crippen molar-refractivity contribution in [1.82, 2.24) is 10.6 Å². The molecule has 20 nitrogen and oxygen atoms in total. The summed E-state index contributed by atoms with van der Waals surface area (Å²) in [5, 5.41) is 5.04. The van der Waals surface area contributed by atoms with Crippen molar-refractivity contribution in [3.8, 4) is 0 Å². The summed E-state index contributed by atoms with van der Waals surface area (Å²) in [5.41, 5.74) is 0. The van der Waals surface area contributed by atoms with Gasteiger partial charge >= 0.3 is 47.8 Å². The third kappa shape index (κ3) is 13.0. The van der Waals surface area contributed by atoms with E-state index in [2.05, 4.69) is 10.6 Å². The highest BCUT2D eigenvalue weighted by Crippen LogP contribution is 2.30. The fraction of sp³-hybridized carbons (Fsp3) is 0.690. The van der Waals surface area contributed by atoms with Crippen molar-refractivity contribution in [2.75, 3.05) is 13.2 Å². The van der Waals surface area contributed by atoms with Gasteiger partial charge in [-0.25, -0.2) is 0 Å². The van der Waals surface area contributed by atoms with Crippen molar-refractivity contribution < 1.29 is 85.7 Å². The molecule has 0 saturated carbocycles. The number of carbonyl (C=O) groups excluding carboxylic acids is 8. The highest BCUT2D eigenvalue weighted by Gasteiger charge is 2.54. The number of esters is 8. The monoisotopic (exact) mass is 736 g/mol. The molecule has 280 valence electrons. The molecule has 2 saturated heterocycles. The van der Waals surface area contributed by atoms with Crippen molar-refractivity contribution >= 4 is 65.1 Å². The summed E-state index contributed by atoms with van der Waals surface area (Å²) in [7, 11) is 0. The van der Waals surface area contributed by atoms with Crippen LogP contribution in [0.5, 0.6) is 0 Å². The summed E-state index contributed by atoms with van der Waals surface area (Å²) in [5.74, 6) is -6.61. The molecule has 0 aromatic heterocycles. The fourth-order valence-corrected chi connectivity index (χ4v) is 5.22. The largest absolute Gasteiger partial charge is 0.463 e. The van der Waals surface area contributed by atoms with Gasteiger partial charge in [0.25, 0.3) is 0 Å². The van der Waals surface area contributed by atoms with Crippen LogP contribution >= 0.6 is 12.2 Å². The maximum absolute atomic E-state index is 12.2. The van der Waals surface area contributed by atoms with Crippen molar-refractivity contribution in [2.45, 2.75) is 117 Å². The van der Waals surface area contributed by atoms with Gasteiger partial charge in [-0.3, -0.25) is 38.4 Å². The summed E-state index contributed by atoms with van der Waals surface area (Å²) < 4.78 is 54.4. The van der Waals surface area contributed by atoms with Gasteiger partial charge < -0.3 is 58.0 Å². The second kappa shape index (κ2) is 18.9. The third-order valence-corrected chi connectivity index (χ3v) is 6.76. The summed E-state index contributed by atoms with van der Waals surface area (Å²) >= 11 is 5.47. The molecule has 10 atom stereocenters. The van der Waals surface area contributed by atoms with E-state index in [4.69, 9.17) is 59.6 Å². The maximum atomic E-state index is 12.2. The topological polar surface area (TPSA) is 253 Å². The van der Waals surface area contributed by atoms with Crippen molar-refractivity contribution in [3.05, 3.63) is 0 Å². The minimum absolute atomic E-state index is 0.369. The van der Waals surface area contributed by atoms with Gasteiger partial charge in [0.2, 0.25) is 0 Å². The Morgan fingerprint density at radius 2 is 0.700 bits per heavy atom. The lowest BCUT2D eigenvalue weighted by Crippen LogP contribution is -2.69. The second-order valence-corrected chi connectivity index (χ2v) is 11.3. The molecular weight excluding hydrogens is 696 g/mol. The van der Waals surface area contributed by atoms with E-state index in [0.717, 1.165) is 55.4 Å². The van der Waals surface area contributed by atoms with Gasteiger partial charge in [-0.1, -0.05) is 0 Å². The van der Waals surface area contributed by atoms with Crippen LogP contribution in [0.1, 0.15) is 55.4 Å². The Bertz CT molecular complexity index is 1230. The zero-order valence-corrected chi connectivity index (χ0v) is 29.3. The Labute approximate surface area is 291 Å². The average molecular weight is 737 g/mol. The first-order valence-electron chi connectivity index (χ1n) is 15.0. The second-order valence-electron chi connectivity index (χ2n) is 10.9. The van der Waals surface area contributed by atoms with Gasteiger partial charge in [-0.15, -0.1) is 0 Å². The number of hydrogen-bond acceptors (Lipinski definition) is 19. The molecule has 2 N–H and O–H groups in total. The Balaban J connectivity index is 2.53. The lowest BCUT2D eigenvalue weighted by atomic mass is 9.97. The van der Waals surface area contributed by atoms with Gasteiger partial charge in [0, 0.05) is 55.4 Å². The highest BCUT2D eigenvalue weighted by atomic mass is 32.1. The average Bonchev–Trinajstić information content (AvgIpc) is 2.95. The Morgan fingerprint density at radius 3 is 0.960 bits per heavy atom. The van der Waals surface area contributed by atoms with Crippen LogP contribution in [-0.4, -0.2) is 127 Å². The van der Waals surface area contributed by atoms with Crippen molar-refractivity contribution in [3.63, 3.8) is 0 Å². The molecule has 2 aliphatic heterocycles. The molecular formula is C29H40N2O18S. The Kier molecular flexibility index (Phi) is 15.7. The van der Waals surface area contributed by atoms with E-state index >= 15 is 0 Å². The van der Waals surface area contributed by atoms with E-state index in [1.807, 2.05) is 0 Å². The van der Waals surface area contributed by atoms with Crippen LogP contribution in [0.4, 0.5) is 0 Å². The van der Waals surface area contributed by atoms with E-state index in [1.54, 1.807) is 0 Å². The van der Waals surface area contributed by atoms with E-state index in [0.29, 0.717) is 0 Å². The molecule has 2 fully saturated rings. The normalized spacial score (nSPS) is 28.7.